The van der Waals surface area contributed by atoms with Crippen LogP contribution in [0.1, 0.15) is 11.1 Å². The van der Waals surface area contributed by atoms with E-state index in [0.717, 1.165) is 18.7 Å². The van der Waals surface area contributed by atoms with Crippen LogP contribution in [0.5, 0.6) is 5.75 Å². The van der Waals surface area contributed by atoms with Crippen molar-refractivity contribution in [1.29, 1.82) is 0 Å². The number of nitrogens with zero attached hydrogens (tertiary/aromatic N) is 1. The van der Waals surface area contributed by atoms with Gasteiger partial charge in [-0.05, 0) is 43.3 Å². The number of benzene rings is 2. The van der Waals surface area contributed by atoms with Gasteiger partial charge in [0.1, 0.15) is 22.9 Å². The first kappa shape index (κ1) is 18.7. The average molecular weight is 383 g/mol. The number of hydrogen-bond donors (Lipinski definition) is 0. The second-order valence-electron chi connectivity index (χ2n) is 6.90. The molecule has 1 aromatic heterocycles. The SMILES string of the molecule is COc1ccc2c(=O)c(C)c(-c3ccc(F)cc3)oc2c1CN1CCOCC1. The maximum atomic E-state index is 13.3. The van der Waals surface area contributed by atoms with Crippen molar-refractivity contribution in [2.75, 3.05) is 33.4 Å². The highest BCUT2D eigenvalue weighted by Gasteiger charge is 2.21. The van der Waals surface area contributed by atoms with Crippen LogP contribution >= 0.6 is 0 Å². The van der Waals surface area contributed by atoms with E-state index in [0.29, 0.717) is 53.4 Å². The predicted molar refractivity (Wildman–Crippen MR) is 105 cm³/mol. The number of rotatable bonds is 4. The quantitative estimate of drug-likeness (QED) is 0.687. The van der Waals surface area contributed by atoms with Crippen molar-refractivity contribution in [2.24, 2.45) is 0 Å². The van der Waals surface area contributed by atoms with E-state index in [1.54, 1.807) is 32.2 Å². The maximum Gasteiger partial charge on any atom is 0.196 e. The van der Waals surface area contributed by atoms with E-state index < -0.39 is 0 Å². The Morgan fingerprint density at radius 2 is 1.82 bits per heavy atom. The molecule has 1 aliphatic heterocycles. The Morgan fingerprint density at radius 3 is 2.50 bits per heavy atom. The smallest absolute Gasteiger partial charge is 0.196 e. The van der Waals surface area contributed by atoms with Gasteiger partial charge in [0, 0.05) is 30.8 Å². The lowest BCUT2D eigenvalue weighted by molar-refractivity contribution is 0.0339. The molecule has 0 saturated carbocycles. The zero-order valence-electron chi connectivity index (χ0n) is 16.0. The molecule has 4 rings (SSSR count). The van der Waals surface area contributed by atoms with E-state index in [9.17, 15) is 9.18 Å². The monoisotopic (exact) mass is 383 g/mol. The zero-order chi connectivity index (χ0) is 19.7. The fourth-order valence-corrected chi connectivity index (χ4v) is 3.59. The maximum absolute atomic E-state index is 13.3. The lowest BCUT2D eigenvalue weighted by Gasteiger charge is -2.27. The van der Waals surface area contributed by atoms with Crippen LogP contribution in [0.3, 0.4) is 0 Å². The standard InChI is InChI=1S/C22H22FNO4/c1-14-20(25)17-7-8-19(26-2)18(13-24-9-11-27-12-10-24)22(17)28-21(14)15-3-5-16(23)6-4-15/h3-8H,9-13H2,1-2H3. The van der Waals surface area contributed by atoms with Gasteiger partial charge in [0.25, 0.3) is 0 Å². The summed E-state index contributed by atoms with van der Waals surface area (Å²) in [4.78, 5) is 15.3. The van der Waals surface area contributed by atoms with Crippen LogP contribution in [0, 0.1) is 12.7 Å². The molecule has 6 heteroatoms. The van der Waals surface area contributed by atoms with E-state index >= 15 is 0 Å². The van der Waals surface area contributed by atoms with Crippen molar-refractivity contribution in [1.82, 2.24) is 4.90 Å². The van der Waals surface area contributed by atoms with Crippen molar-refractivity contribution < 1.29 is 18.3 Å². The molecular weight excluding hydrogens is 361 g/mol. The number of hydrogen-bond acceptors (Lipinski definition) is 5. The molecule has 1 saturated heterocycles. The molecule has 5 nitrogen and oxygen atoms in total. The molecule has 28 heavy (non-hydrogen) atoms. The van der Waals surface area contributed by atoms with Crippen LogP contribution in [-0.4, -0.2) is 38.3 Å². The van der Waals surface area contributed by atoms with E-state index in [1.807, 2.05) is 6.07 Å². The van der Waals surface area contributed by atoms with Crippen LogP contribution in [0.4, 0.5) is 4.39 Å². The summed E-state index contributed by atoms with van der Waals surface area (Å²) in [6.07, 6.45) is 0. The van der Waals surface area contributed by atoms with Crippen molar-refractivity contribution in [2.45, 2.75) is 13.5 Å². The molecule has 2 heterocycles. The van der Waals surface area contributed by atoms with Crippen molar-refractivity contribution in [3.8, 4) is 17.1 Å². The summed E-state index contributed by atoms with van der Waals surface area (Å²) in [7, 11) is 1.61. The van der Waals surface area contributed by atoms with Crippen LogP contribution in [-0.2, 0) is 11.3 Å². The Balaban J connectivity index is 1.91. The summed E-state index contributed by atoms with van der Waals surface area (Å²) >= 11 is 0. The van der Waals surface area contributed by atoms with E-state index in [-0.39, 0.29) is 11.2 Å². The molecule has 1 fully saturated rings. The molecule has 0 N–H and O–H groups in total. The topological polar surface area (TPSA) is 51.9 Å². The van der Waals surface area contributed by atoms with Gasteiger partial charge in [-0.25, -0.2) is 4.39 Å². The lowest BCUT2D eigenvalue weighted by atomic mass is 10.0. The number of fused-ring (bicyclic) bond motifs is 1. The summed E-state index contributed by atoms with van der Waals surface area (Å²) in [6, 6.07) is 9.51. The number of halogens is 1. The highest BCUT2D eigenvalue weighted by atomic mass is 19.1. The van der Waals surface area contributed by atoms with Gasteiger partial charge in [-0.3, -0.25) is 9.69 Å². The van der Waals surface area contributed by atoms with Gasteiger partial charge < -0.3 is 13.9 Å². The van der Waals surface area contributed by atoms with Gasteiger partial charge in [-0.15, -0.1) is 0 Å². The van der Waals surface area contributed by atoms with Crippen molar-refractivity contribution in [3.63, 3.8) is 0 Å². The van der Waals surface area contributed by atoms with Gasteiger partial charge >= 0.3 is 0 Å². The van der Waals surface area contributed by atoms with E-state index in [1.165, 1.54) is 12.1 Å². The zero-order valence-corrected chi connectivity index (χ0v) is 16.0. The fraction of sp³-hybridized carbons (Fsp3) is 0.318. The molecule has 0 radical (unpaired) electrons. The van der Waals surface area contributed by atoms with Crippen molar-refractivity contribution >= 4 is 11.0 Å². The summed E-state index contributed by atoms with van der Waals surface area (Å²) < 4.78 is 30.6. The minimum absolute atomic E-state index is 0.0912. The molecule has 1 aliphatic rings. The third-order valence-corrected chi connectivity index (χ3v) is 5.16. The van der Waals surface area contributed by atoms with Gasteiger partial charge in [-0.1, -0.05) is 0 Å². The van der Waals surface area contributed by atoms with E-state index in [4.69, 9.17) is 13.9 Å². The Kier molecular flexibility index (Phi) is 5.15. The molecular formula is C22H22FNO4. The highest BCUT2D eigenvalue weighted by molar-refractivity contribution is 5.85. The Hall–Kier alpha value is -2.70. The highest BCUT2D eigenvalue weighted by Crippen LogP contribution is 2.32. The minimum Gasteiger partial charge on any atom is -0.496 e. The second kappa shape index (κ2) is 7.73. The molecule has 2 aromatic carbocycles. The first-order valence-corrected chi connectivity index (χ1v) is 9.28. The molecule has 0 atom stereocenters. The van der Waals surface area contributed by atoms with Gasteiger partial charge in [0.2, 0.25) is 0 Å². The largest absolute Gasteiger partial charge is 0.496 e. The molecule has 0 spiro atoms. The van der Waals surface area contributed by atoms with E-state index in [2.05, 4.69) is 4.90 Å². The normalized spacial score (nSPS) is 15.1. The second-order valence-corrected chi connectivity index (χ2v) is 6.90. The van der Waals surface area contributed by atoms with Gasteiger partial charge in [-0.2, -0.15) is 0 Å². The number of ether oxygens (including phenoxy) is 2. The molecule has 146 valence electrons. The Morgan fingerprint density at radius 1 is 1.11 bits per heavy atom. The van der Waals surface area contributed by atoms with Crippen LogP contribution in [0.15, 0.2) is 45.6 Å². The predicted octanol–water partition coefficient (Wildman–Crippen LogP) is 3.75. The molecule has 3 aromatic rings. The fourth-order valence-electron chi connectivity index (χ4n) is 3.59. The molecule has 0 amide bonds. The Labute approximate surface area is 162 Å². The van der Waals surface area contributed by atoms with Crippen molar-refractivity contribution in [3.05, 3.63) is 63.6 Å². The number of morpholine rings is 1. The summed E-state index contributed by atoms with van der Waals surface area (Å²) in [5, 5.41) is 0.521. The minimum atomic E-state index is -0.334. The average Bonchev–Trinajstić information content (AvgIpc) is 2.72. The lowest BCUT2D eigenvalue weighted by Crippen LogP contribution is -2.35. The third-order valence-electron chi connectivity index (χ3n) is 5.16. The van der Waals surface area contributed by atoms with Gasteiger partial charge in [0.05, 0.1) is 31.3 Å². The van der Waals surface area contributed by atoms with Crippen LogP contribution in [0.25, 0.3) is 22.3 Å². The summed E-state index contributed by atoms with van der Waals surface area (Å²) in [5.41, 5.74) is 2.43. The first-order chi connectivity index (χ1) is 13.6. The first-order valence-electron chi connectivity index (χ1n) is 9.28. The van der Waals surface area contributed by atoms with Gasteiger partial charge in [0.15, 0.2) is 5.43 Å². The van der Waals surface area contributed by atoms with Crippen LogP contribution in [0.2, 0.25) is 0 Å². The Bertz CT molecular complexity index is 1050. The molecule has 0 aliphatic carbocycles. The summed E-state index contributed by atoms with van der Waals surface area (Å²) in [6.45, 7) is 5.30. The summed E-state index contributed by atoms with van der Waals surface area (Å²) in [5.74, 6) is 0.796. The number of methoxy groups -OCH3 is 1. The third kappa shape index (κ3) is 3.41. The molecule has 0 unspecified atom stereocenters. The van der Waals surface area contributed by atoms with Crippen LogP contribution < -0.4 is 10.2 Å². The molecule has 0 bridgehead atoms.